The maximum Gasteiger partial charge on any atom is 0.433 e. The Bertz CT molecular complexity index is 1060. The lowest BCUT2D eigenvalue weighted by molar-refractivity contribution is -0.142. The first kappa shape index (κ1) is 20.5. The maximum atomic E-state index is 13.4. The number of fused-ring (bicyclic) bond motifs is 1. The van der Waals surface area contributed by atoms with Crippen LogP contribution in [0.1, 0.15) is 35.0 Å². The lowest BCUT2D eigenvalue weighted by atomic mass is 10.1. The van der Waals surface area contributed by atoms with Gasteiger partial charge in [0.15, 0.2) is 17.1 Å². The number of likely N-dealkylation sites (tertiary alicyclic amines) is 1. The van der Waals surface area contributed by atoms with E-state index < -0.39 is 11.9 Å². The third-order valence-electron chi connectivity index (χ3n) is 5.41. The van der Waals surface area contributed by atoms with E-state index in [1.807, 2.05) is 18.2 Å². The molecule has 3 heterocycles. The van der Waals surface area contributed by atoms with Crippen molar-refractivity contribution >= 4 is 5.65 Å². The minimum absolute atomic E-state index is 0.0632. The third-order valence-corrected chi connectivity index (χ3v) is 5.41. The van der Waals surface area contributed by atoms with Gasteiger partial charge in [-0.15, -0.1) is 0 Å². The number of hydrogen-bond acceptors (Lipinski definition) is 5. The summed E-state index contributed by atoms with van der Waals surface area (Å²) < 4.78 is 51.7. The second-order valence-corrected chi connectivity index (χ2v) is 7.53. The van der Waals surface area contributed by atoms with Crippen molar-refractivity contribution in [1.29, 1.82) is 0 Å². The van der Waals surface area contributed by atoms with Gasteiger partial charge in [-0.2, -0.15) is 18.3 Å². The molecule has 6 nitrogen and oxygen atoms in total. The Balaban J connectivity index is 1.53. The van der Waals surface area contributed by atoms with E-state index in [0.29, 0.717) is 22.9 Å². The highest BCUT2D eigenvalue weighted by Crippen LogP contribution is 2.33. The van der Waals surface area contributed by atoms with Crippen molar-refractivity contribution < 1.29 is 22.6 Å². The molecule has 1 aliphatic heterocycles. The molecule has 1 atom stereocenters. The zero-order valence-corrected chi connectivity index (χ0v) is 17.0. The molecule has 0 amide bonds. The van der Waals surface area contributed by atoms with Crippen molar-refractivity contribution in [2.45, 2.75) is 32.0 Å². The quantitative estimate of drug-likeness (QED) is 0.623. The van der Waals surface area contributed by atoms with Crippen molar-refractivity contribution in [3.05, 3.63) is 53.0 Å². The summed E-state index contributed by atoms with van der Waals surface area (Å²) in [6.45, 7) is 3.84. The molecule has 9 heteroatoms. The van der Waals surface area contributed by atoms with E-state index in [2.05, 4.69) is 15.0 Å². The standard InChI is InChI=1S/C21H23F3N4O2/c1-13-8-19(21(22,23)24)28-20(25-13)10-16(26-28)15-6-7-27(12-15)11-14-4-5-17(29-2)18(9-14)30-3/h4-5,8-10,15H,6-7,11-12H2,1-3H3. The molecule has 30 heavy (non-hydrogen) atoms. The molecule has 1 saturated heterocycles. The molecule has 0 saturated carbocycles. The van der Waals surface area contributed by atoms with Gasteiger partial charge in [-0.25, -0.2) is 9.50 Å². The average molecular weight is 420 g/mol. The summed E-state index contributed by atoms with van der Waals surface area (Å²) in [6.07, 6.45) is -3.65. The SMILES string of the molecule is COc1ccc(CN2CCC(c3cc4nc(C)cc(C(F)(F)F)n4n3)C2)cc1OC. The molecule has 2 aromatic heterocycles. The van der Waals surface area contributed by atoms with E-state index in [0.717, 1.165) is 42.2 Å². The Hall–Kier alpha value is -2.81. The van der Waals surface area contributed by atoms with Gasteiger partial charge < -0.3 is 9.47 Å². The van der Waals surface area contributed by atoms with E-state index in [-0.39, 0.29) is 11.6 Å². The molecule has 4 rings (SSSR count). The molecule has 1 unspecified atom stereocenters. The van der Waals surface area contributed by atoms with Crippen LogP contribution in [0.4, 0.5) is 13.2 Å². The lowest BCUT2D eigenvalue weighted by Crippen LogP contribution is -2.20. The van der Waals surface area contributed by atoms with Crippen LogP contribution in [0.2, 0.25) is 0 Å². The van der Waals surface area contributed by atoms with E-state index >= 15 is 0 Å². The molecule has 1 fully saturated rings. The van der Waals surface area contributed by atoms with Crippen molar-refractivity contribution in [2.24, 2.45) is 0 Å². The number of halogens is 3. The van der Waals surface area contributed by atoms with Crippen molar-refractivity contribution in [3.8, 4) is 11.5 Å². The zero-order chi connectivity index (χ0) is 21.5. The van der Waals surface area contributed by atoms with Gasteiger partial charge in [0.2, 0.25) is 0 Å². The summed E-state index contributed by atoms with van der Waals surface area (Å²) in [5, 5.41) is 4.26. The Kier molecular flexibility index (Phi) is 5.31. The van der Waals surface area contributed by atoms with Crippen molar-refractivity contribution in [2.75, 3.05) is 27.3 Å². The van der Waals surface area contributed by atoms with Crippen LogP contribution >= 0.6 is 0 Å². The average Bonchev–Trinajstić information content (AvgIpc) is 3.33. The summed E-state index contributed by atoms with van der Waals surface area (Å²) in [4.78, 5) is 6.49. The highest BCUT2D eigenvalue weighted by molar-refractivity contribution is 5.44. The molecular formula is C21H23F3N4O2. The van der Waals surface area contributed by atoms with Gasteiger partial charge in [-0.1, -0.05) is 6.07 Å². The van der Waals surface area contributed by atoms with E-state index in [1.54, 1.807) is 27.2 Å². The molecule has 1 aromatic carbocycles. The van der Waals surface area contributed by atoms with E-state index in [9.17, 15) is 13.2 Å². The lowest BCUT2D eigenvalue weighted by Gasteiger charge is -2.17. The van der Waals surface area contributed by atoms with Crippen LogP contribution in [0.5, 0.6) is 11.5 Å². The fourth-order valence-electron chi connectivity index (χ4n) is 3.97. The molecule has 3 aromatic rings. The Morgan fingerprint density at radius 2 is 1.87 bits per heavy atom. The number of benzene rings is 1. The maximum absolute atomic E-state index is 13.4. The van der Waals surface area contributed by atoms with Crippen LogP contribution in [0.25, 0.3) is 5.65 Å². The van der Waals surface area contributed by atoms with Crippen molar-refractivity contribution in [1.82, 2.24) is 19.5 Å². The number of nitrogens with zero attached hydrogens (tertiary/aromatic N) is 4. The summed E-state index contributed by atoms with van der Waals surface area (Å²) >= 11 is 0. The van der Waals surface area contributed by atoms with Crippen molar-refractivity contribution in [3.63, 3.8) is 0 Å². The van der Waals surface area contributed by atoms with Gasteiger partial charge in [0, 0.05) is 30.8 Å². The first-order valence-electron chi connectivity index (χ1n) is 9.66. The molecule has 0 spiro atoms. The molecule has 1 aliphatic rings. The highest BCUT2D eigenvalue weighted by atomic mass is 19.4. The summed E-state index contributed by atoms with van der Waals surface area (Å²) in [5.41, 5.74) is 1.49. The monoisotopic (exact) mass is 420 g/mol. The van der Waals surface area contributed by atoms with E-state index in [1.165, 1.54) is 0 Å². The van der Waals surface area contributed by atoms with Gasteiger partial charge in [0.25, 0.3) is 0 Å². The second kappa shape index (κ2) is 7.79. The second-order valence-electron chi connectivity index (χ2n) is 7.53. The largest absolute Gasteiger partial charge is 0.493 e. The Labute approximate surface area is 172 Å². The minimum Gasteiger partial charge on any atom is -0.493 e. The van der Waals surface area contributed by atoms with Crippen LogP contribution in [0.15, 0.2) is 30.3 Å². The van der Waals surface area contributed by atoms with E-state index in [4.69, 9.17) is 9.47 Å². The van der Waals surface area contributed by atoms with Crippen LogP contribution in [-0.2, 0) is 12.7 Å². The summed E-state index contributed by atoms with van der Waals surface area (Å²) in [5.74, 6) is 1.41. The smallest absolute Gasteiger partial charge is 0.433 e. The number of rotatable bonds is 5. The minimum atomic E-state index is -4.48. The first-order chi connectivity index (χ1) is 14.3. The van der Waals surface area contributed by atoms with Gasteiger partial charge >= 0.3 is 6.18 Å². The number of aromatic nitrogens is 3. The van der Waals surface area contributed by atoms with Crippen LogP contribution in [0.3, 0.4) is 0 Å². The predicted octanol–water partition coefficient (Wildman–Crippen LogP) is 4.06. The zero-order valence-electron chi connectivity index (χ0n) is 17.0. The Morgan fingerprint density at radius 1 is 1.10 bits per heavy atom. The Morgan fingerprint density at radius 3 is 2.57 bits per heavy atom. The number of hydrogen-bond donors (Lipinski definition) is 0. The fourth-order valence-corrected chi connectivity index (χ4v) is 3.97. The number of methoxy groups -OCH3 is 2. The normalized spacial score (nSPS) is 17.6. The number of alkyl halides is 3. The van der Waals surface area contributed by atoms with Crippen LogP contribution in [0, 0.1) is 6.92 Å². The van der Waals surface area contributed by atoms with Crippen LogP contribution < -0.4 is 9.47 Å². The third kappa shape index (κ3) is 3.94. The van der Waals surface area contributed by atoms with Gasteiger partial charge in [-0.3, -0.25) is 4.90 Å². The van der Waals surface area contributed by atoms with Gasteiger partial charge in [0.1, 0.15) is 5.69 Å². The molecule has 0 bridgehead atoms. The highest BCUT2D eigenvalue weighted by Gasteiger charge is 2.35. The molecule has 0 aliphatic carbocycles. The molecule has 0 N–H and O–H groups in total. The predicted molar refractivity (Wildman–Crippen MR) is 105 cm³/mol. The first-order valence-corrected chi connectivity index (χ1v) is 9.66. The summed E-state index contributed by atoms with van der Waals surface area (Å²) in [7, 11) is 3.19. The topological polar surface area (TPSA) is 51.9 Å². The van der Waals surface area contributed by atoms with Gasteiger partial charge in [0.05, 0.1) is 19.9 Å². The molecule has 0 radical (unpaired) electrons. The summed E-state index contributed by atoms with van der Waals surface area (Å²) in [6, 6.07) is 8.51. The van der Waals surface area contributed by atoms with Crippen LogP contribution in [-0.4, -0.2) is 46.8 Å². The van der Waals surface area contributed by atoms with Gasteiger partial charge in [-0.05, 0) is 43.7 Å². The fraction of sp³-hybridized carbons (Fsp3) is 0.429. The number of ether oxygens (including phenoxy) is 2. The number of aryl methyl sites for hydroxylation is 1. The molecular weight excluding hydrogens is 397 g/mol. The molecule has 160 valence electrons.